The molecule has 1 aliphatic rings. The maximum Gasteiger partial charge on any atom is 0.130 e. The normalized spacial score (nSPS) is 16.7. The van der Waals surface area contributed by atoms with Gasteiger partial charge in [-0.25, -0.2) is 0 Å². The minimum atomic E-state index is 0.504. The van der Waals surface area contributed by atoms with Gasteiger partial charge >= 0.3 is 0 Å². The van der Waals surface area contributed by atoms with E-state index in [0.29, 0.717) is 12.5 Å². The van der Waals surface area contributed by atoms with Crippen molar-refractivity contribution in [2.24, 2.45) is 5.92 Å². The lowest BCUT2D eigenvalue weighted by molar-refractivity contribution is 0.138. The van der Waals surface area contributed by atoms with Gasteiger partial charge in [-0.3, -0.25) is 4.98 Å². The highest BCUT2D eigenvalue weighted by atomic mass is 16.5. The van der Waals surface area contributed by atoms with E-state index in [1.165, 1.54) is 49.4 Å². The fourth-order valence-electron chi connectivity index (χ4n) is 4.00. The summed E-state index contributed by atoms with van der Waals surface area (Å²) >= 11 is 0. The first-order chi connectivity index (χ1) is 14.0. The highest BCUT2D eigenvalue weighted by Crippen LogP contribution is 2.25. The summed E-state index contributed by atoms with van der Waals surface area (Å²) in [7, 11) is 2.21. The Hall–Kier alpha value is -1.95. The summed E-state index contributed by atoms with van der Waals surface area (Å²) < 4.78 is 6.05. The van der Waals surface area contributed by atoms with Gasteiger partial charge in [0.2, 0.25) is 0 Å². The van der Waals surface area contributed by atoms with Crippen LogP contribution in [0.5, 0.6) is 5.75 Å². The molecule has 0 bridgehead atoms. The Morgan fingerprint density at radius 1 is 1.10 bits per heavy atom. The number of hydrogen-bond acceptors (Lipinski definition) is 5. The maximum absolute atomic E-state index is 6.05. The molecule has 0 radical (unpaired) electrons. The average molecular weight is 397 g/mol. The van der Waals surface area contributed by atoms with Crippen LogP contribution in [0.2, 0.25) is 0 Å². The molecule has 0 aliphatic carbocycles. The van der Waals surface area contributed by atoms with Gasteiger partial charge in [-0.1, -0.05) is 25.1 Å². The van der Waals surface area contributed by atoms with Crippen LogP contribution in [0.15, 0.2) is 36.5 Å². The van der Waals surface area contributed by atoms with Crippen LogP contribution in [-0.2, 0) is 13.2 Å². The molecule has 2 heterocycles. The Morgan fingerprint density at radius 3 is 2.48 bits per heavy atom. The third kappa shape index (κ3) is 6.81. The zero-order valence-corrected chi connectivity index (χ0v) is 18.4. The molecular formula is C24H36N4O. The Balaban J connectivity index is 1.45. The first-order valence-corrected chi connectivity index (χ1v) is 10.8. The molecule has 1 saturated heterocycles. The van der Waals surface area contributed by atoms with Crippen molar-refractivity contribution in [2.45, 2.75) is 33.9 Å². The van der Waals surface area contributed by atoms with Crippen LogP contribution in [0.25, 0.3) is 0 Å². The molecule has 1 fully saturated rings. The molecule has 1 aliphatic heterocycles. The first-order valence-electron chi connectivity index (χ1n) is 10.8. The Labute approximate surface area is 176 Å². The van der Waals surface area contributed by atoms with E-state index in [2.05, 4.69) is 60.1 Å². The van der Waals surface area contributed by atoms with E-state index in [4.69, 9.17) is 4.74 Å². The third-order valence-electron chi connectivity index (χ3n) is 5.60. The van der Waals surface area contributed by atoms with E-state index in [1.54, 1.807) is 6.20 Å². The van der Waals surface area contributed by atoms with Crippen molar-refractivity contribution in [3.05, 3.63) is 58.9 Å². The van der Waals surface area contributed by atoms with Gasteiger partial charge in [0, 0.05) is 45.5 Å². The maximum atomic E-state index is 6.05. The fourth-order valence-corrected chi connectivity index (χ4v) is 4.00. The summed E-state index contributed by atoms with van der Waals surface area (Å²) in [6.45, 7) is 15.0. The van der Waals surface area contributed by atoms with E-state index < -0.39 is 0 Å². The third-order valence-corrected chi connectivity index (χ3v) is 5.60. The van der Waals surface area contributed by atoms with Crippen molar-refractivity contribution in [3.8, 4) is 5.75 Å². The van der Waals surface area contributed by atoms with Gasteiger partial charge in [-0.15, -0.1) is 0 Å². The molecule has 5 nitrogen and oxygen atoms in total. The molecular weight excluding hydrogens is 360 g/mol. The predicted octanol–water partition coefficient (Wildman–Crippen LogP) is 3.25. The molecule has 3 rings (SSSR count). The van der Waals surface area contributed by atoms with Crippen LogP contribution in [0.4, 0.5) is 0 Å². The number of nitrogens with one attached hydrogen (secondary N) is 1. The second-order valence-corrected chi connectivity index (χ2v) is 8.51. The summed E-state index contributed by atoms with van der Waals surface area (Å²) in [5.74, 6) is 1.63. The van der Waals surface area contributed by atoms with Crippen LogP contribution in [-0.4, -0.2) is 61.1 Å². The van der Waals surface area contributed by atoms with Crippen LogP contribution in [0.3, 0.4) is 0 Å². The first kappa shape index (κ1) is 21.8. The number of likely N-dealkylation sites (N-methyl/N-ethyl adjacent to an activating group) is 1. The van der Waals surface area contributed by atoms with Crippen molar-refractivity contribution in [1.82, 2.24) is 20.1 Å². The van der Waals surface area contributed by atoms with E-state index >= 15 is 0 Å². The largest absolute Gasteiger partial charge is 0.487 e. The minimum absolute atomic E-state index is 0.504. The number of aromatic nitrogens is 1. The van der Waals surface area contributed by atoms with Gasteiger partial charge in [0.25, 0.3) is 0 Å². The van der Waals surface area contributed by atoms with Crippen molar-refractivity contribution in [3.63, 3.8) is 0 Å². The lowest BCUT2D eigenvalue weighted by Crippen LogP contribution is -2.46. The highest BCUT2D eigenvalue weighted by Gasteiger charge is 2.16. The molecule has 1 N–H and O–H groups in total. The molecule has 158 valence electrons. The van der Waals surface area contributed by atoms with Crippen LogP contribution < -0.4 is 10.1 Å². The zero-order chi connectivity index (χ0) is 20.6. The molecule has 29 heavy (non-hydrogen) atoms. The number of aryl methyl sites for hydroxylation is 2. The molecule has 0 spiro atoms. The van der Waals surface area contributed by atoms with Gasteiger partial charge in [0.15, 0.2) is 0 Å². The van der Waals surface area contributed by atoms with Crippen LogP contribution in [0, 0.1) is 19.8 Å². The zero-order valence-electron chi connectivity index (χ0n) is 18.4. The molecule has 1 unspecified atom stereocenters. The number of rotatable bonds is 9. The Bertz CT molecular complexity index is 734. The second kappa shape index (κ2) is 10.7. The summed E-state index contributed by atoms with van der Waals surface area (Å²) in [4.78, 5) is 9.33. The summed E-state index contributed by atoms with van der Waals surface area (Å²) in [5.41, 5.74) is 4.63. The molecule has 1 atom stereocenters. The Kier molecular flexibility index (Phi) is 8.04. The highest BCUT2D eigenvalue weighted by molar-refractivity contribution is 5.43. The number of ether oxygens (including phenoxy) is 1. The summed E-state index contributed by atoms with van der Waals surface area (Å²) in [6, 6.07) is 10.4. The number of nitrogens with zero attached hydrogens (tertiary/aromatic N) is 3. The van der Waals surface area contributed by atoms with Crippen molar-refractivity contribution in [2.75, 3.05) is 46.3 Å². The molecule has 1 aromatic heterocycles. The van der Waals surface area contributed by atoms with Gasteiger partial charge in [0.05, 0.1) is 5.69 Å². The van der Waals surface area contributed by atoms with Crippen molar-refractivity contribution >= 4 is 0 Å². The molecule has 2 aromatic rings. The van der Waals surface area contributed by atoms with E-state index in [-0.39, 0.29) is 0 Å². The molecule has 1 aromatic carbocycles. The lowest BCUT2D eigenvalue weighted by Gasteiger charge is -2.34. The summed E-state index contributed by atoms with van der Waals surface area (Å²) in [5, 5.41) is 3.64. The van der Waals surface area contributed by atoms with E-state index in [0.717, 1.165) is 24.5 Å². The number of piperazine rings is 1. The lowest BCUT2D eigenvalue weighted by atomic mass is 10.1. The molecule has 0 amide bonds. The fraction of sp³-hybridized carbons (Fsp3) is 0.542. The van der Waals surface area contributed by atoms with Crippen LogP contribution in [0.1, 0.15) is 29.3 Å². The number of benzene rings is 1. The smallest absolute Gasteiger partial charge is 0.130 e. The SMILES string of the molecule is Cc1cc(CNCC(C)CN2CCN(C)CC2)cc(C)c1OCc1ccccn1. The summed E-state index contributed by atoms with van der Waals surface area (Å²) in [6.07, 6.45) is 1.80. The van der Waals surface area contributed by atoms with Crippen molar-refractivity contribution < 1.29 is 4.74 Å². The number of pyridine rings is 1. The standard InChI is InChI=1S/C24H36N4O/c1-19(17-28-11-9-27(4)10-12-28)15-25-16-22-13-20(2)24(21(3)14-22)29-18-23-7-5-6-8-26-23/h5-8,13-14,19,25H,9-12,15-18H2,1-4H3. The van der Waals surface area contributed by atoms with Gasteiger partial charge in [-0.2, -0.15) is 0 Å². The van der Waals surface area contributed by atoms with E-state index in [9.17, 15) is 0 Å². The second-order valence-electron chi connectivity index (χ2n) is 8.51. The topological polar surface area (TPSA) is 40.6 Å². The number of hydrogen-bond donors (Lipinski definition) is 1. The van der Waals surface area contributed by atoms with Crippen LogP contribution >= 0.6 is 0 Å². The van der Waals surface area contributed by atoms with Gasteiger partial charge in [0.1, 0.15) is 12.4 Å². The van der Waals surface area contributed by atoms with Gasteiger partial charge in [-0.05, 0) is 62.2 Å². The average Bonchev–Trinajstić information content (AvgIpc) is 2.70. The van der Waals surface area contributed by atoms with E-state index in [1.807, 2.05) is 18.2 Å². The predicted molar refractivity (Wildman–Crippen MR) is 119 cm³/mol. The molecule has 0 saturated carbocycles. The Morgan fingerprint density at radius 2 is 1.83 bits per heavy atom. The molecule has 5 heteroatoms. The van der Waals surface area contributed by atoms with Crippen molar-refractivity contribution in [1.29, 1.82) is 0 Å². The van der Waals surface area contributed by atoms with Gasteiger partial charge < -0.3 is 19.9 Å². The quantitative estimate of drug-likeness (QED) is 0.705. The minimum Gasteiger partial charge on any atom is -0.487 e. The monoisotopic (exact) mass is 396 g/mol.